The first-order valence-electron chi connectivity index (χ1n) is 11.4. The lowest BCUT2D eigenvalue weighted by Crippen LogP contribution is -2.47. The summed E-state index contributed by atoms with van der Waals surface area (Å²) in [6.45, 7) is 1.86. The van der Waals surface area contributed by atoms with Crippen molar-refractivity contribution < 1.29 is 24.2 Å². The van der Waals surface area contributed by atoms with Crippen LogP contribution in [0.15, 0.2) is 48.5 Å². The molecule has 2 aromatic carbocycles. The van der Waals surface area contributed by atoms with E-state index in [1.165, 1.54) is 0 Å². The zero-order valence-corrected chi connectivity index (χ0v) is 19.1. The Hall–Kier alpha value is -3.86. The average Bonchev–Trinajstić information content (AvgIpc) is 3.15. The van der Waals surface area contributed by atoms with Crippen LogP contribution < -0.4 is 10.6 Å². The van der Waals surface area contributed by atoms with E-state index in [1.54, 1.807) is 6.92 Å². The second kappa shape index (κ2) is 11.8. The average molecular weight is 464 g/mol. The van der Waals surface area contributed by atoms with Crippen LogP contribution in [-0.2, 0) is 14.3 Å². The van der Waals surface area contributed by atoms with Gasteiger partial charge < -0.3 is 20.5 Å². The molecule has 0 aromatic heterocycles. The second-order valence-electron chi connectivity index (χ2n) is 8.39. The number of carbonyl (C=O) groups excluding carboxylic acids is 2. The lowest BCUT2D eigenvalue weighted by atomic mass is 9.98. The molecular weight excluding hydrogens is 434 g/mol. The number of fused-ring (bicyclic) bond motifs is 3. The summed E-state index contributed by atoms with van der Waals surface area (Å²) in [6.07, 6.45) is 0.531. The number of nitrogens with one attached hydrogen (secondary N) is 2. The Kier molecular flexibility index (Phi) is 8.63. The highest BCUT2D eigenvalue weighted by Crippen LogP contribution is 2.44. The minimum absolute atomic E-state index is 0.0958. The van der Waals surface area contributed by atoms with Gasteiger partial charge in [-0.2, -0.15) is 5.26 Å². The molecule has 1 aliphatic carbocycles. The molecule has 0 aliphatic heterocycles. The van der Waals surface area contributed by atoms with Crippen LogP contribution >= 0.6 is 0 Å². The first-order chi connectivity index (χ1) is 16.4. The summed E-state index contributed by atoms with van der Waals surface area (Å²) in [7, 11) is 0. The van der Waals surface area contributed by atoms with Crippen molar-refractivity contribution in [1.29, 1.82) is 5.26 Å². The van der Waals surface area contributed by atoms with Crippen LogP contribution in [0.25, 0.3) is 11.1 Å². The molecule has 8 heteroatoms. The lowest BCUT2D eigenvalue weighted by molar-refractivity contribution is -0.141. The minimum Gasteiger partial charge on any atom is -0.481 e. The van der Waals surface area contributed by atoms with E-state index in [0.717, 1.165) is 22.3 Å². The van der Waals surface area contributed by atoms with Crippen LogP contribution in [-0.4, -0.2) is 42.3 Å². The molecule has 0 radical (unpaired) electrons. The van der Waals surface area contributed by atoms with E-state index >= 15 is 0 Å². The quantitative estimate of drug-likeness (QED) is 0.435. The zero-order valence-electron chi connectivity index (χ0n) is 19.1. The van der Waals surface area contributed by atoms with Crippen LogP contribution in [0.4, 0.5) is 4.79 Å². The molecule has 0 saturated carbocycles. The van der Waals surface area contributed by atoms with Gasteiger partial charge in [-0.15, -0.1) is 0 Å². The van der Waals surface area contributed by atoms with Crippen molar-refractivity contribution >= 4 is 18.0 Å². The number of hydrogen-bond acceptors (Lipinski definition) is 5. The van der Waals surface area contributed by atoms with E-state index in [2.05, 4.69) is 22.8 Å². The van der Waals surface area contributed by atoms with Crippen LogP contribution in [0.1, 0.15) is 49.7 Å². The Balaban J connectivity index is 1.59. The Morgan fingerprint density at radius 2 is 1.68 bits per heavy atom. The number of unbranched alkanes of at least 4 members (excludes halogenated alkanes) is 1. The van der Waals surface area contributed by atoms with Gasteiger partial charge in [-0.1, -0.05) is 55.5 Å². The number of carboxylic acid groups (broad SMARTS) is 1. The van der Waals surface area contributed by atoms with Crippen molar-refractivity contribution in [2.24, 2.45) is 5.92 Å². The fraction of sp³-hybridized carbons (Fsp3) is 0.385. The van der Waals surface area contributed by atoms with E-state index in [9.17, 15) is 14.4 Å². The summed E-state index contributed by atoms with van der Waals surface area (Å²) in [6, 6.07) is 17.2. The number of carboxylic acids is 1. The number of ether oxygens (including phenoxy) is 1. The van der Waals surface area contributed by atoms with Gasteiger partial charge in [-0.25, -0.2) is 4.79 Å². The number of nitriles is 1. The minimum atomic E-state index is -0.934. The van der Waals surface area contributed by atoms with E-state index in [4.69, 9.17) is 15.1 Å². The number of hydrogen-bond donors (Lipinski definition) is 3. The second-order valence-corrected chi connectivity index (χ2v) is 8.39. The number of aliphatic carboxylic acids is 1. The molecule has 2 amide bonds. The van der Waals surface area contributed by atoms with Crippen molar-refractivity contribution in [2.45, 2.75) is 44.6 Å². The van der Waals surface area contributed by atoms with Gasteiger partial charge >= 0.3 is 12.1 Å². The monoisotopic (exact) mass is 463 g/mol. The number of benzene rings is 2. The number of carbonyl (C=O) groups is 3. The lowest BCUT2D eigenvalue weighted by Gasteiger charge is -2.20. The largest absolute Gasteiger partial charge is 0.481 e. The summed E-state index contributed by atoms with van der Waals surface area (Å²) >= 11 is 0. The molecule has 8 nitrogen and oxygen atoms in total. The highest BCUT2D eigenvalue weighted by Gasteiger charge is 2.29. The fourth-order valence-electron chi connectivity index (χ4n) is 4.09. The molecule has 3 N–H and O–H groups in total. The number of amides is 2. The highest BCUT2D eigenvalue weighted by atomic mass is 16.5. The van der Waals surface area contributed by atoms with Crippen LogP contribution in [0.2, 0.25) is 0 Å². The summed E-state index contributed by atoms with van der Waals surface area (Å²) in [5.41, 5.74) is 4.42. The number of nitrogens with zero attached hydrogens (tertiary/aromatic N) is 1. The van der Waals surface area contributed by atoms with Gasteiger partial charge in [0.15, 0.2) is 0 Å². The van der Waals surface area contributed by atoms with Crippen molar-refractivity contribution in [3.05, 3.63) is 59.7 Å². The molecule has 178 valence electrons. The van der Waals surface area contributed by atoms with Gasteiger partial charge in [0.25, 0.3) is 0 Å². The molecule has 2 unspecified atom stereocenters. The fourth-order valence-corrected chi connectivity index (χ4v) is 4.09. The summed E-state index contributed by atoms with van der Waals surface area (Å²) in [5, 5.41) is 23.1. The van der Waals surface area contributed by atoms with Gasteiger partial charge in [0.1, 0.15) is 12.6 Å². The normalized spacial score (nSPS) is 13.6. The van der Waals surface area contributed by atoms with Crippen molar-refractivity contribution in [3.8, 4) is 17.2 Å². The van der Waals surface area contributed by atoms with Crippen molar-refractivity contribution in [3.63, 3.8) is 0 Å². The SMILES string of the molecule is CC(CCNC(=O)C(CCCC#N)NC(=O)OCC1c2ccccc2-c2ccccc21)C(=O)O. The molecule has 0 spiro atoms. The van der Waals surface area contributed by atoms with E-state index in [1.807, 2.05) is 42.5 Å². The Morgan fingerprint density at radius 3 is 2.26 bits per heavy atom. The molecule has 0 heterocycles. The Labute approximate surface area is 198 Å². The van der Waals surface area contributed by atoms with Gasteiger partial charge in [-0.05, 0) is 41.5 Å². The van der Waals surface area contributed by atoms with Crippen LogP contribution in [0.5, 0.6) is 0 Å². The number of alkyl carbamates (subject to hydrolysis) is 1. The standard InChI is InChI=1S/C26H29N3O5/c1-17(25(31)32)13-15-28-24(30)23(12-6-7-14-27)29-26(33)34-16-22-20-10-4-2-8-18(20)19-9-3-5-11-21(19)22/h2-5,8-11,17,22-23H,6-7,12-13,15-16H2,1H3,(H,28,30)(H,29,33)(H,31,32). The van der Waals surface area contributed by atoms with Crippen LogP contribution in [0.3, 0.4) is 0 Å². The predicted octanol–water partition coefficient (Wildman–Crippen LogP) is 3.81. The third kappa shape index (κ3) is 6.13. The number of rotatable bonds is 11. The molecule has 0 bridgehead atoms. The summed E-state index contributed by atoms with van der Waals surface area (Å²) in [5.74, 6) is -2.05. The van der Waals surface area contributed by atoms with Crippen molar-refractivity contribution in [2.75, 3.05) is 13.2 Å². The molecule has 2 aromatic rings. The maximum atomic E-state index is 12.6. The maximum Gasteiger partial charge on any atom is 0.407 e. The first kappa shape index (κ1) is 24.8. The molecule has 34 heavy (non-hydrogen) atoms. The van der Waals surface area contributed by atoms with E-state index in [-0.39, 0.29) is 38.3 Å². The van der Waals surface area contributed by atoms with Gasteiger partial charge in [0, 0.05) is 18.9 Å². The molecule has 3 rings (SSSR count). The van der Waals surface area contributed by atoms with Gasteiger partial charge in [0.2, 0.25) is 5.91 Å². The molecule has 2 atom stereocenters. The van der Waals surface area contributed by atoms with E-state index in [0.29, 0.717) is 6.42 Å². The van der Waals surface area contributed by atoms with Gasteiger partial charge in [-0.3, -0.25) is 9.59 Å². The van der Waals surface area contributed by atoms with E-state index < -0.39 is 29.9 Å². The summed E-state index contributed by atoms with van der Waals surface area (Å²) < 4.78 is 5.53. The third-order valence-corrected chi connectivity index (χ3v) is 6.03. The highest BCUT2D eigenvalue weighted by molar-refractivity contribution is 5.85. The molecule has 0 saturated heterocycles. The smallest absolute Gasteiger partial charge is 0.407 e. The Morgan fingerprint density at radius 1 is 1.06 bits per heavy atom. The molecule has 0 fully saturated rings. The molecular formula is C26H29N3O5. The predicted molar refractivity (Wildman–Crippen MR) is 126 cm³/mol. The van der Waals surface area contributed by atoms with Crippen molar-refractivity contribution in [1.82, 2.24) is 10.6 Å². The molecule has 1 aliphatic rings. The topological polar surface area (TPSA) is 129 Å². The van der Waals surface area contributed by atoms with Crippen LogP contribution in [0, 0.1) is 17.2 Å². The first-order valence-corrected chi connectivity index (χ1v) is 11.4. The zero-order chi connectivity index (χ0) is 24.5. The summed E-state index contributed by atoms with van der Waals surface area (Å²) in [4.78, 5) is 36.1. The third-order valence-electron chi connectivity index (χ3n) is 6.03. The maximum absolute atomic E-state index is 12.6. The Bertz CT molecular complexity index is 1030. The van der Waals surface area contributed by atoms with Gasteiger partial charge in [0.05, 0.1) is 12.0 Å².